The summed E-state index contributed by atoms with van der Waals surface area (Å²) >= 11 is 0. The lowest BCUT2D eigenvalue weighted by Crippen LogP contribution is -2.23. The number of aromatic nitrogens is 2. The van der Waals surface area contributed by atoms with Crippen molar-refractivity contribution in [1.29, 1.82) is 0 Å². The zero-order valence-corrected chi connectivity index (χ0v) is 19.9. The molecule has 0 radical (unpaired) electrons. The number of nitrogens with zero attached hydrogens (tertiary/aromatic N) is 3. The molecule has 2 aromatic rings. The second-order valence-corrected chi connectivity index (χ2v) is 13.3. The molecule has 1 fully saturated rings. The highest BCUT2D eigenvalue weighted by molar-refractivity contribution is 7.91. The Kier molecular flexibility index (Phi) is 6.07. The predicted molar refractivity (Wildman–Crippen MR) is 119 cm³/mol. The summed E-state index contributed by atoms with van der Waals surface area (Å²) in [7, 11) is -3.99. The van der Waals surface area contributed by atoms with E-state index in [9.17, 15) is 21.6 Å². The summed E-state index contributed by atoms with van der Waals surface area (Å²) in [5.74, 6) is -0.0612. The van der Waals surface area contributed by atoms with Crippen molar-refractivity contribution in [1.82, 2.24) is 14.1 Å². The number of hydrogen-bond donors (Lipinski definition) is 1. The maximum Gasteiger partial charge on any atom is 0.256 e. The summed E-state index contributed by atoms with van der Waals surface area (Å²) in [5, 5.41) is 7.38. The van der Waals surface area contributed by atoms with Crippen LogP contribution < -0.4 is 5.32 Å². The van der Waals surface area contributed by atoms with E-state index >= 15 is 0 Å². The molecular formula is C20H28N4O5S2. The number of hydrogen-bond acceptors (Lipinski definition) is 6. The lowest BCUT2D eigenvalue weighted by Gasteiger charge is -2.16. The van der Waals surface area contributed by atoms with E-state index in [-0.39, 0.29) is 33.4 Å². The first-order chi connectivity index (χ1) is 14.2. The van der Waals surface area contributed by atoms with Crippen molar-refractivity contribution in [2.45, 2.75) is 43.5 Å². The molecule has 11 heteroatoms. The minimum absolute atomic E-state index is 0.0101. The van der Waals surface area contributed by atoms with E-state index in [1.807, 2.05) is 20.8 Å². The van der Waals surface area contributed by atoms with Gasteiger partial charge in [-0.3, -0.25) is 4.79 Å². The average Bonchev–Trinajstić information content (AvgIpc) is 3.24. The van der Waals surface area contributed by atoms with Crippen LogP contribution in [0.15, 0.2) is 35.2 Å². The van der Waals surface area contributed by atoms with E-state index in [0.29, 0.717) is 12.2 Å². The smallest absolute Gasteiger partial charge is 0.256 e. The summed E-state index contributed by atoms with van der Waals surface area (Å²) in [5.41, 5.74) is 0.588. The van der Waals surface area contributed by atoms with Crippen LogP contribution >= 0.6 is 0 Å². The van der Waals surface area contributed by atoms with Crippen LogP contribution in [0.4, 0.5) is 5.82 Å². The van der Waals surface area contributed by atoms with Crippen LogP contribution in [0, 0.1) is 0 Å². The highest BCUT2D eigenvalue weighted by Gasteiger charge is 2.33. The Bertz CT molecular complexity index is 1210. The van der Waals surface area contributed by atoms with E-state index < -0.39 is 25.8 Å². The summed E-state index contributed by atoms with van der Waals surface area (Å²) in [6.45, 7) is 5.94. The number of anilines is 1. The molecule has 1 aliphatic heterocycles. The molecule has 2 heterocycles. The molecule has 1 atom stereocenters. The predicted octanol–water partition coefficient (Wildman–Crippen LogP) is 2.04. The van der Waals surface area contributed by atoms with E-state index in [1.54, 1.807) is 10.7 Å². The van der Waals surface area contributed by atoms with Gasteiger partial charge in [0, 0.05) is 31.1 Å². The monoisotopic (exact) mass is 468 g/mol. The number of nitrogens with one attached hydrogen (secondary N) is 1. The van der Waals surface area contributed by atoms with Gasteiger partial charge in [0.15, 0.2) is 9.84 Å². The van der Waals surface area contributed by atoms with Gasteiger partial charge in [-0.25, -0.2) is 25.8 Å². The molecular weight excluding hydrogens is 440 g/mol. The Hall–Kier alpha value is -2.24. The number of amides is 1. The minimum Gasteiger partial charge on any atom is -0.307 e. The average molecular weight is 469 g/mol. The molecule has 31 heavy (non-hydrogen) atoms. The molecule has 170 valence electrons. The third kappa shape index (κ3) is 4.99. The van der Waals surface area contributed by atoms with E-state index in [1.165, 1.54) is 38.4 Å². The lowest BCUT2D eigenvalue weighted by molar-refractivity contribution is 0.102. The molecule has 0 aliphatic carbocycles. The molecule has 1 unspecified atom stereocenters. The standard InChI is InChI=1S/C20H28N4O5S2/c1-20(2,3)17-12-18(24(22-17)15-9-10-30(26,27)13-15)21-19(25)14-7-6-8-16(11-14)31(28,29)23(4)5/h6-8,11-12,15H,9-10,13H2,1-5H3,(H,21,25). The number of sulfone groups is 1. The third-order valence-corrected chi connectivity index (χ3v) is 8.74. The number of carbonyl (C=O) groups is 1. The van der Waals surface area contributed by atoms with Gasteiger partial charge >= 0.3 is 0 Å². The van der Waals surface area contributed by atoms with E-state index in [4.69, 9.17) is 0 Å². The Labute approximate surface area is 183 Å². The van der Waals surface area contributed by atoms with Crippen molar-refractivity contribution in [2.24, 2.45) is 0 Å². The molecule has 9 nitrogen and oxygen atoms in total. The normalized spacial score (nSPS) is 19.0. The van der Waals surface area contributed by atoms with Crippen LogP contribution in [0.5, 0.6) is 0 Å². The lowest BCUT2D eigenvalue weighted by atomic mass is 9.92. The molecule has 3 rings (SSSR count). The van der Waals surface area contributed by atoms with Gasteiger partial charge in [0.25, 0.3) is 5.91 Å². The first-order valence-corrected chi connectivity index (χ1v) is 13.1. The molecule has 1 aromatic carbocycles. The molecule has 1 N–H and O–H groups in total. The SMILES string of the molecule is CN(C)S(=O)(=O)c1cccc(C(=O)Nc2cc(C(C)(C)C)nn2C2CCS(=O)(=O)C2)c1. The van der Waals surface area contributed by atoms with Crippen LogP contribution in [-0.4, -0.2) is 62.4 Å². The second-order valence-electron chi connectivity index (χ2n) is 8.94. The van der Waals surface area contributed by atoms with Crippen molar-refractivity contribution in [3.05, 3.63) is 41.6 Å². The van der Waals surface area contributed by atoms with Crippen molar-refractivity contribution < 1.29 is 21.6 Å². The Morgan fingerprint density at radius 2 is 1.90 bits per heavy atom. The van der Waals surface area contributed by atoms with Gasteiger partial charge in [0.05, 0.1) is 28.1 Å². The fraction of sp³-hybridized carbons (Fsp3) is 0.500. The summed E-state index contributed by atoms with van der Waals surface area (Å²) in [6.07, 6.45) is 0.424. The van der Waals surface area contributed by atoms with Crippen LogP contribution in [-0.2, 0) is 25.3 Å². The molecule has 1 amide bonds. The second kappa shape index (κ2) is 8.03. The molecule has 1 saturated heterocycles. The van der Waals surface area contributed by atoms with Crippen molar-refractivity contribution in [2.75, 3.05) is 30.9 Å². The van der Waals surface area contributed by atoms with Gasteiger partial charge in [-0.1, -0.05) is 26.8 Å². The number of sulfonamides is 1. The maximum absolute atomic E-state index is 12.9. The Balaban J connectivity index is 1.95. The fourth-order valence-corrected chi connectivity index (χ4v) is 5.94. The largest absolute Gasteiger partial charge is 0.307 e. The zero-order chi connectivity index (χ0) is 23.2. The first kappa shape index (κ1) is 23.4. The minimum atomic E-state index is -3.69. The Morgan fingerprint density at radius 3 is 2.45 bits per heavy atom. The van der Waals surface area contributed by atoms with Gasteiger partial charge < -0.3 is 5.32 Å². The topological polar surface area (TPSA) is 118 Å². The molecule has 0 bridgehead atoms. The van der Waals surface area contributed by atoms with E-state index in [0.717, 1.165) is 10.00 Å². The molecule has 0 spiro atoms. The number of rotatable bonds is 5. The quantitative estimate of drug-likeness (QED) is 0.717. The number of benzene rings is 1. The van der Waals surface area contributed by atoms with Gasteiger partial charge in [-0.15, -0.1) is 0 Å². The molecule has 0 saturated carbocycles. The zero-order valence-electron chi connectivity index (χ0n) is 18.3. The summed E-state index contributed by atoms with van der Waals surface area (Å²) < 4.78 is 51.4. The fourth-order valence-electron chi connectivity index (χ4n) is 3.30. The van der Waals surface area contributed by atoms with Crippen molar-refractivity contribution in [3.8, 4) is 0 Å². The highest BCUT2D eigenvalue weighted by Crippen LogP contribution is 2.31. The van der Waals surface area contributed by atoms with Crippen LogP contribution in [0.25, 0.3) is 0 Å². The van der Waals surface area contributed by atoms with Crippen molar-refractivity contribution >= 4 is 31.6 Å². The van der Waals surface area contributed by atoms with E-state index in [2.05, 4.69) is 10.4 Å². The summed E-state index contributed by atoms with van der Waals surface area (Å²) in [4.78, 5) is 12.9. The summed E-state index contributed by atoms with van der Waals surface area (Å²) in [6, 6.07) is 7.15. The maximum atomic E-state index is 12.9. The van der Waals surface area contributed by atoms with Gasteiger partial charge in [-0.2, -0.15) is 5.10 Å². The van der Waals surface area contributed by atoms with Crippen LogP contribution in [0.3, 0.4) is 0 Å². The van der Waals surface area contributed by atoms with Crippen LogP contribution in [0.1, 0.15) is 49.3 Å². The molecule has 1 aliphatic rings. The first-order valence-electron chi connectivity index (χ1n) is 9.85. The van der Waals surface area contributed by atoms with Gasteiger partial charge in [0.2, 0.25) is 10.0 Å². The Morgan fingerprint density at radius 1 is 1.23 bits per heavy atom. The third-order valence-electron chi connectivity index (χ3n) is 5.17. The van der Waals surface area contributed by atoms with Gasteiger partial charge in [-0.05, 0) is 24.6 Å². The highest BCUT2D eigenvalue weighted by atomic mass is 32.2. The van der Waals surface area contributed by atoms with Gasteiger partial charge in [0.1, 0.15) is 5.82 Å². The van der Waals surface area contributed by atoms with Crippen LogP contribution in [0.2, 0.25) is 0 Å². The number of carbonyl (C=O) groups excluding carboxylic acids is 1. The van der Waals surface area contributed by atoms with Crippen molar-refractivity contribution in [3.63, 3.8) is 0 Å². The molecule has 1 aromatic heterocycles.